The number of aromatic nitrogens is 2. The normalized spacial score (nSPS) is 21.3. The van der Waals surface area contributed by atoms with Crippen molar-refractivity contribution in [1.82, 2.24) is 14.7 Å². The van der Waals surface area contributed by atoms with E-state index in [1.807, 2.05) is 0 Å². The highest BCUT2D eigenvalue weighted by atomic mass is 19.1. The first-order valence-electron chi connectivity index (χ1n) is 9.39. The van der Waals surface area contributed by atoms with E-state index in [2.05, 4.69) is 15.6 Å². The first-order valence-corrected chi connectivity index (χ1v) is 9.39. The molecule has 3 aromatic rings. The van der Waals surface area contributed by atoms with Crippen molar-refractivity contribution < 1.29 is 18.3 Å². The van der Waals surface area contributed by atoms with E-state index in [-0.39, 0.29) is 47.3 Å². The highest BCUT2D eigenvalue weighted by Gasteiger charge is 2.32. The SMILES string of the molecule is N[C@H]1COCC[C@H]1Nc1nc(-c2cc3cc(F)ccn3c2)c2c(c1F)CNC2=O. The van der Waals surface area contributed by atoms with Gasteiger partial charge in [-0.2, -0.15) is 0 Å². The summed E-state index contributed by atoms with van der Waals surface area (Å²) in [4.78, 5) is 16.9. The summed E-state index contributed by atoms with van der Waals surface area (Å²) in [5.74, 6) is -1.25. The Morgan fingerprint density at radius 2 is 2.21 bits per heavy atom. The molecule has 0 radical (unpaired) electrons. The molecular weight excluding hydrogens is 380 g/mol. The lowest BCUT2D eigenvalue weighted by Gasteiger charge is -2.30. The number of nitrogens with zero attached hydrogens (tertiary/aromatic N) is 2. The molecule has 1 fully saturated rings. The number of carbonyl (C=O) groups excluding carboxylic acids is 1. The molecule has 3 aromatic heterocycles. The van der Waals surface area contributed by atoms with Gasteiger partial charge in [-0.15, -0.1) is 0 Å². The third kappa shape index (κ3) is 3.02. The van der Waals surface area contributed by atoms with Crippen LogP contribution in [-0.4, -0.2) is 40.6 Å². The van der Waals surface area contributed by atoms with Gasteiger partial charge in [-0.1, -0.05) is 0 Å². The smallest absolute Gasteiger partial charge is 0.254 e. The van der Waals surface area contributed by atoms with Gasteiger partial charge in [0.05, 0.1) is 17.9 Å². The van der Waals surface area contributed by atoms with Gasteiger partial charge in [-0.3, -0.25) is 4.79 Å². The summed E-state index contributed by atoms with van der Waals surface area (Å²) >= 11 is 0. The monoisotopic (exact) mass is 399 g/mol. The standard InChI is InChI=1S/C20H19F2N5O2/c21-11-1-3-27-8-10(5-12(27)6-11)18-16-13(7-24-20(16)28)17(22)19(26-18)25-15-2-4-29-9-14(15)23/h1,3,5-6,8,14-15H,2,4,7,9,23H2,(H,24,28)(H,25,26)/t14-,15+/m0/s1. The Labute approximate surface area is 164 Å². The zero-order chi connectivity index (χ0) is 20.1. The Kier molecular flexibility index (Phi) is 4.21. The second kappa shape index (κ2) is 6.78. The van der Waals surface area contributed by atoms with E-state index in [1.165, 1.54) is 12.1 Å². The average molecular weight is 399 g/mol. The Morgan fingerprint density at radius 3 is 3.03 bits per heavy atom. The lowest BCUT2D eigenvalue weighted by Crippen LogP contribution is -2.48. The minimum atomic E-state index is -0.560. The van der Waals surface area contributed by atoms with Gasteiger partial charge >= 0.3 is 0 Å². The Morgan fingerprint density at radius 1 is 1.34 bits per heavy atom. The Hall–Kier alpha value is -3.04. The second-order valence-electron chi connectivity index (χ2n) is 7.34. The van der Waals surface area contributed by atoms with Crippen LogP contribution in [0.5, 0.6) is 0 Å². The van der Waals surface area contributed by atoms with Crippen LogP contribution in [0.25, 0.3) is 16.8 Å². The fourth-order valence-electron chi connectivity index (χ4n) is 3.91. The molecule has 0 spiro atoms. The van der Waals surface area contributed by atoms with Gasteiger partial charge in [-0.05, 0) is 24.6 Å². The van der Waals surface area contributed by atoms with Crippen molar-refractivity contribution >= 4 is 17.2 Å². The maximum absolute atomic E-state index is 15.1. The van der Waals surface area contributed by atoms with Crippen molar-refractivity contribution in [2.24, 2.45) is 5.73 Å². The molecule has 150 valence electrons. The fourth-order valence-corrected chi connectivity index (χ4v) is 3.91. The molecule has 0 bridgehead atoms. The number of nitrogens with one attached hydrogen (secondary N) is 2. The van der Waals surface area contributed by atoms with Crippen LogP contribution in [0.15, 0.2) is 30.6 Å². The molecule has 9 heteroatoms. The quantitative estimate of drug-likeness (QED) is 0.627. The predicted molar refractivity (Wildman–Crippen MR) is 103 cm³/mol. The van der Waals surface area contributed by atoms with Gasteiger partial charge in [0, 0.05) is 54.3 Å². The molecule has 0 saturated carbocycles. The molecule has 1 amide bonds. The van der Waals surface area contributed by atoms with E-state index >= 15 is 4.39 Å². The molecule has 1 saturated heterocycles. The minimum absolute atomic E-state index is 0.0547. The molecule has 2 atom stereocenters. The Bertz CT molecular complexity index is 1130. The minimum Gasteiger partial charge on any atom is -0.380 e. The van der Waals surface area contributed by atoms with Crippen LogP contribution < -0.4 is 16.4 Å². The van der Waals surface area contributed by atoms with Gasteiger partial charge in [0.25, 0.3) is 5.91 Å². The van der Waals surface area contributed by atoms with Crippen LogP contribution in [-0.2, 0) is 11.3 Å². The fraction of sp³-hybridized carbons (Fsp3) is 0.300. The first kappa shape index (κ1) is 18.0. The molecule has 2 aliphatic heterocycles. The number of hydrogen-bond acceptors (Lipinski definition) is 5. The highest BCUT2D eigenvalue weighted by molar-refractivity contribution is 6.04. The van der Waals surface area contributed by atoms with Crippen LogP contribution in [0.4, 0.5) is 14.6 Å². The summed E-state index contributed by atoms with van der Waals surface area (Å²) in [6.45, 7) is 1.00. The van der Waals surface area contributed by atoms with E-state index in [0.29, 0.717) is 36.4 Å². The molecule has 5 rings (SSSR count). The molecule has 0 aliphatic carbocycles. The van der Waals surface area contributed by atoms with Crippen molar-refractivity contribution in [3.8, 4) is 11.3 Å². The molecule has 7 nitrogen and oxygen atoms in total. The van der Waals surface area contributed by atoms with E-state index in [1.54, 1.807) is 22.9 Å². The molecule has 5 heterocycles. The van der Waals surface area contributed by atoms with Gasteiger partial charge in [0.1, 0.15) is 5.82 Å². The van der Waals surface area contributed by atoms with Crippen molar-refractivity contribution in [3.63, 3.8) is 0 Å². The maximum Gasteiger partial charge on any atom is 0.254 e. The number of fused-ring (bicyclic) bond motifs is 2. The van der Waals surface area contributed by atoms with Crippen LogP contribution in [0.1, 0.15) is 22.3 Å². The summed E-state index contributed by atoms with van der Waals surface area (Å²) in [5.41, 5.74) is 8.12. The zero-order valence-corrected chi connectivity index (χ0v) is 15.4. The van der Waals surface area contributed by atoms with Crippen molar-refractivity contribution in [1.29, 1.82) is 0 Å². The van der Waals surface area contributed by atoms with Crippen LogP contribution >= 0.6 is 0 Å². The summed E-state index contributed by atoms with van der Waals surface area (Å²) in [7, 11) is 0. The van der Waals surface area contributed by atoms with Crippen LogP contribution in [0.2, 0.25) is 0 Å². The molecule has 4 N–H and O–H groups in total. The number of rotatable bonds is 3. The van der Waals surface area contributed by atoms with Crippen molar-refractivity contribution in [2.45, 2.75) is 25.0 Å². The summed E-state index contributed by atoms with van der Waals surface area (Å²) in [6, 6.07) is 3.96. The van der Waals surface area contributed by atoms with E-state index in [9.17, 15) is 9.18 Å². The molecular formula is C20H19F2N5O2. The lowest BCUT2D eigenvalue weighted by atomic mass is 10.0. The van der Waals surface area contributed by atoms with Crippen LogP contribution in [0, 0.1) is 11.6 Å². The number of halogens is 2. The highest BCUT2D eigenvalue weighted by Crippen LogP contribution is 2.34. The predicted octanol–water partition coefficient (Wildman–Crippen LogP) is 2.05. The number of ether oxygens (including phenoxy) is 1. The van der Waals surface area contributed by atoms with Crippen LogP contribution in [0.3, 0.4) is 0 Å². The van der Waals surface area contributed by atoms with E-state index in [4.69, 9.17) is 10.5 Å². The lowest BCUT2D eigenvalue weighted by molar-refractivity contribution is 0.0751. The maximum atomic E-state index is 15.1. The summed E-state index contributed by atoms with van der Waals surface area (Å²) < 4.78 is 35.8. The van der Waals surface area contributed by atoms with Gasteiger partial charge in [0.15, 0.2) is 11.6 Å². The topological polar surface area (TPSA) is 93.7 Å². The average Bonchev–Trinajstić information content (AvgIpc) is 3.29. The molecule has 2 aliphatic rings. The van der Waals surface area contributed by atoms with E-state index < -0.39 is 5.82 Å². The van der Waals surface area contributed by atoms with Crippen molar-refractivity contribution in [2.75, 3.05) is 18.5 Å². The largest absolute Gasteiger partial charge is 0.380 e. The third-order valence-electron chi connectivity index (χ3n) is 5.44. The second-order valence-corrected chi connectivity index (χ2v) is 7.34. The number of hydrogen-bond donors (Lipinski definition) is 3. The van der Waals surface area contributed by atoms with Gasteiger partial charge in [0.2, 0.25) is 0 Å². The molecule has 29 heavy (non-hydrogen) atoms. The van der Waals surface area contributed by atoms with Gasteiger partial charge < -0.3 is 25.5 Å². The zero-order valence-electron chi connectivity index (χ0n) is 15.4. The first-order chi connectivity index (χ1) is 14.0. The van der Waals surface area contributed by atoms with Gasteiger partial charge in [-0.25, -0.2) is 13.8 Å². The number of nitrogens with two attached hydrogens (primary N) is 1. The van der Waals surface area contributed by atoms with E-state index in [0.717, 1.165) is 0 Å². The molecule has 0 unspecified atom stereocenters. The van der Waals surface area contributed by atoms with Crippen molar-refractivity contribution in [3.05, 3.63) is 53.4 Å². The third-order valence-corrected chi connectivity index (χ3v) is 5.44. The number of anilines is 1. The number of pyridine rings is 2. The summed E-state index contributed by atoms with van der Waals surface area (Å²) in [5, 5.41) is 5.76. The summed E-state index contributed by atoms with van der Waals surface area (Å²) in [6.07, 6.45) is 3.95. The molecule has 0 aromatic carbocycles. The number of amides is 1. The number of carbonyl (C=O) groups is 1. The Balaban J connectivity index is 1.63.